The number of hydrogen-bond acceptors (Lipinski definition) is 6. The number of fused-ring (bicyclic) bond motifs is 5. The van der Waals surface area contributed by atoms with Gasteiger partial charge < -0.3 is 4.90 Å². The van der Waals surface area contributed by atoms with Crippen LogP contribution in [0.1, 0.15) is 48.1 Å². The third-order valence-electron chi connectivity index (χ3n) is 8.56. The van der Waals surface area contributed by atoms with Gasteiger partial charge in [0.25, 0.3) is 5.69 Å². The first-order valence-corrected chi connectivity index (χ1v) is 13.9. The van der Waals surface area contributed by atoms with Crippen molar-refractivity contribution in [3.63, 3.8) is 0 Å². The molecule has 4 aromatic rings. The lowest BCUT2D eigenvalue weighted by Gasteiger charge is -2.37. The molecule has 0 aromatic heterocycles. The van der Waals surface area contributed by atoms with Crippen molar-refractivity contribution >= 4 is 50.7 Å². The van der Waals surface area contributed by atoms with E-state index in [1.807, 2.05) is 41.3 Å². The number of benzene rings is 4. The molecule has 8 heteroatoms. The van der Waals surface area contributed by atoms with Crippen molar-refractivity contribution in [2.75, 3.05) is 4.90 Å². The summed E-state index contributed by atoms with van der Waals surface area (Å²) in [5, 5.41) is 11.5. The predicted octanol–water partition coefficient (Wildman–Crippen LogP) is 6.67. The second-order valence-corrected chi connectivity index (χ2v) is 11.4. The molecule has 200 valence electrons. The van der Waals surface area contributed by atoms with Crippen LogP contribution in [0, 0.1) is 15.5 Å². The largest absolute Gasteiger partial charge is 0.352 e. The Morgan fingerprint density at radius 2 is 1.49 bits per heavy atom. The van der Waals surface area contributed by atoms with E-state index in [2.05, 4.69) is 15.9 Å². The molecule has 0 bridgehead atoms. The minimum absolute atomic E-state index is 0.119. The van der Waals surface area contributed by atoms with Crippen LogP contribution in [0.4, 0.5) is 11.4 Å². The number of carbonyl (C=O) groups excluding carboxylic acids is 3. The number of halogens is 1. The molecular weight excluding hydrogens is 584 g/mol. The molecule has 1 saturated heterocycles. The molecule has 1 aliphatic carbocycles. The maximum atomic E-state index is 14.6. The SMILES string of the molecule is O=C(c1ccccc1)[C@H]1[C@H](c2ccc([N+](=O)[O-])cc2)C2(C(=O)c3ccccc3C2=O)[C@H]2C=Cc3cc(Br)ccc3N12. The highest BCUT2D eigenvalue weighted by molar-refractivity contribution is 9.10. The molecule has 3 atom stereocenters. The molecule has 1 fully saturated rings. The summed E-state index contributed by atoms with van der Waals surface area (Å²) in [4.78, 5) is 56.7. The fraction of sp³-hybridized carbons (Fsp3) is 0.121. The minimum atomic E-state index is -1.66. The number of carbonyl (C=O) groups is 3. The van der Waals surface area contributed by atoms with Crippen LogP contribution >= 0.6 is 15.9 Å². The van der Waals surface area contributed by atoms with Gasteiger partial charge in [0.2, 0.25) is 0 Å². The van der Waals surface area contributed by atoms with Crippen LogP contribution in [0.15, 0.2) is 108 Å². The van der Waals surface area contributed by atoms with E-state index in [4.69, 9.17) is 0 Å². The second kappa shape index (κ2) is 9.17. The molecule has 0 saturated carbocycles. The molecule has 0 radical (unpaired) electrons. The van der Waals surface area contributed by atoms with Gasteiger partial charge in [-0.1, -0.05) is 94.8 Å². The van der Waals surface area contributed by atoms with Gasteiger partial charge in [0.05, 0.1) is 11.0 Å². The molecule has 7 rings (SSSR count). The number of hydrogen-bond donors (Lipinski definition) is 0. The second-order valence-electron chi connectivity index (χ2n) is 10.5. The topological polar surface area (TPSA) is 97.6 Å². The third kappa shape index (κ3) is 3.47. The van der Waals surface area contributed by atoms with Gasteiger partial charge in [-0.05, 0) is 29.3 Å². The fourth-order valence-corrected chi connectivity index (χ4v) is 7.28. The Labute approximate surface area is 243 Å². The van der Waals surface area contributed by atoms with Crippen LogP contribution in [0.5, 0.6) is 0 Å². The summed E-state index contributed by atoms with van der Waals surface area (Å²) in [5.41, 5.74) is 1.42. The Bertz CT molecular complexity index is 1780. The first-order chi connectivity index (χ1) is 19.8. The maximum absolute atomic E-state index is 14.6. The standard InChI is InChI=1S/C33H21BrN2O5/c34-22-13-16-26-21(18-22)12-17-27-33(31(38)24-8-4-5-9-25(24)32(33)39)28(19-10-14-23(15-11-19)36(40)41)29(35(26)27)30(37)20-6-2-1-3-7-20/h1-18,27-29H/t27-,28+,29-/m1/s1. The number of non-ortho nitro benzene ring substituents is 1. The molecule has 7 nitrogen and oxygen atoms in total. The van der Waals surface area contributed by atoms with E-state index < -0.39 is 28.3 Å². The highest BCUT2D eigenvalue weighted by Gasteiger charge is 2.71. The highest BCUT2D eigenvalue weighted by atomic mass is 79.9. The smallest absolute Gasteiger partial charge is 0.269 e. The van der Waals surface area contributed by atoms with Gasteiger partial charge in [-0.3, -0.25) is 24.5 Å². The van der Waals surface area contributed by atoms with Crippen LogP contribution in [-0.4, -0.2) is 34.4 Å². The molecule has 2 heterocycles. The predicted molar refractivity (Wildman–Crippen MR) is 157 cm³/mol. The molecule has 0 amide bonds. The number of nitrogens with zero attached hydrogens (tertiary/aromatic N) is 2. The Hall–Kier alpha value is -4.69. The monoisotopic (exact) mass is 604 g/mol. The Morgan fingerprint density at radius 1 is 0.854 bits per heavy atom. The summed E-state index contributed by atoms with van der Waals surface area (Å²) in [6.07, 6.45) is 3.75. The summed E-state index contributed by atoms with van der Waals surface area (Å²) >= 11 is 3.53. The Kier molecular flexibility index (Phi) is 5.66. The van der Waals surface area contributed by atoms with E-state index >= 15 is 0 Å². The highest BCUT2D eigenvalue weighted by Crippen LogP contribution is 2.61. The number of rotatable bonds is 4. The zero-order valence-corrected chi connectivity index (χ0v) is 23.0. The molecule has 1 spiro atoms. The van der Waals surface area contributed by atoms with Gasteiger partial charge in [0, 0.05) is 44.9 Å². The Balaban J connectivity index is 1.54. The zero-order valence-electron chi connectivity index (χ0n) is 21.4. The van der Waals surface area contributed by atoms with Gasteiger partial charge in [-0.25, -0.2) is 0 Å². The number of nitro groups is 1. The Morgan fingerprint density at radius 3 is 2.12 bits per heavy atom. The van der Waals surface area contributed by atoms with Gasteiger partial charge in [0.1, 0.15) is 11.5 Å². The molecule has 3 aliphatic rings. The van der Waals surface area contributed by atoms with Crippen molar-refractivity contribution in [2.45, 2.75) is 18.0 Å². The summed E-state index contributed by atoms with van der Waals surface area (Å²) in [6, 6.07) is 25.5. The van der Waals surface area contributed by atoms with E-state index in [9.17, 15) is 24.5 Å². The fourth-order valence-electron chi connectivity index (χ4n) is 6.90. The summed E-state index contributed by atoms with van der Waals surface area (Å²) in [7, 11) is 0. The quantitative estimate of drug-likeness (QED) is 0.112. The molecule has 41 heavy (non-hydrogen) atoms. The van der Waals surface area contributed by atoms with Crippen molar-refractivity contribution in [3.8, 4) is 0 Å². The maximum Gasteiger partial charge on any atom is 0.269 e. The molecule has 0 unspecified atom stereocenters. The molecule has 2 aliphatic heterocycles. The average molecular weight is 605 g/mol. The number of Topliss-reactive ketones (excluding diaryl/α,β-unsaturated/α-hetero) is 3. The van der Waals surface area contributed by atoms with E-state index in [1.165, 1.54) is 12.1 Å². The van der Waals surface area contributed by atoms with Crippen molar-refractivity contribution < 1.29 is 19.3 Å². The molecule has 0 N–H and O–H groups in total. The minimum Gasteiger partial charge on any atom is -0.352 e. The summed E-state index contributed by atoms with van der Waals surface area (Å²) < 4.78 is 0.853. The van der Waals surface area contributed by atoms with E-state index in [1.54, 1.807) is 60.7 Å². The summed E-state index contributed by atoms with van der Waals surface area (Å²) in [5.74, 6) is -1.85. The first-order valence-electron chi connectivity index (χ1n) is 13.1. The van der Waals surface area contributed by atoms with Crippen molar-refractivity contribution in [1.82, 2.24) is 0 Å². The van der Waals surface area contributed by atoms with Crippen LogP contribution in [0.3, 0.4) is 0 Å². The lowest BCUT2D eigenvalue weighted by atomic mass is 9.64. The third-order valence-corrected chi connectivity index (χ3v) is 9.05. The lowest BCUT2D eigenvalue weighted by Crippen LogP contribution is -2.48. The van der Waals surface area contributed by atoms with E-state index in [-0.39, 0.29) is 23.0 Å². The number of ketones is 3. The van der Waals surface area contributed by atoms with Crippen LogP contribution in [-0.2, 0) is 0 Å². The van der Waals surface area contributed by atoms with Gasteiger partial charge in [-0.2, -0.15) is 0 Å². The number of nitro benzene ring substituents is 1. The van der Waals surface area contributed by atoms with Gasteiger partial charge >= 0.3 is 0 Å². The summed E-state index contributed by atoms with van der Waals surface area (Å²) in [6.45, 7) is 0. The van der Waals surface area contributed by atoms with Gasteiger partial charge in [-0.15, -0.1) is 0 Å². The first kappa shape index (κ1) is 25.3. The molecular formula is C33H21BrN2O5. The lowest BCUT2D eigenvalue weighted by molar-refractivity contribution is -0.384. The van der Waals surface area contributed by atoms with Crippen LogP contribution in [0.25, 0.3) is 6.08 Å². The average Bonchev–Trinajstić information content (AvgIpc) is 3.43. The van der Waals surface area contributed by atoms with E-state index in [0.29, 0.717) is 22.3 Å². The van der Waals surface area contributed by atoms with Gasteiger partial charge in [0.15, 0.2) is 17.3 Å². The van der Waals surface area contributed by atoms with Crippen molar-refractivity contribution in [2.24, 2.45) is 5.41 Å². The normalized spacial score (nSPS) is 21.5. The van der Waals surface area contributed by atoms with Crippen molar-refractivity contribution in [3.05, 3.63) is 146 Å². The van der Waals surface area contributed by atoms with Crippen molar-refractivity contribution in [1.29, 1.82) is 0 Å². The zero-order chi connectivity index (χ0) is 28.5. The van der Waals surface area contributed by atoms with Crippen LogP contribution < -0.4 is 4.90 Å². The van der Waals surface area contributed by atoms with Crippen LogP contribution in [0.2, 0.25) is 0 Å². The number of anilines is 1. The van der Waals surface area contributed by atoms with E-state index in [0.717, 1.165) is 15.7 Å². The molecule has 4 aromatic carbocycles.